The van der Waals surface area contributed by atoms with Crippen LogP contribution >= 0.6 is 0 Å². The molecule has 7 aliphatic rings. The third kappa shape index (κ3) is 3.02. The number of rotatable bonds is 0. The Bertz CT molecular complexity index is 5100. The summed E-state index contributed by atoms with van der Waals surface area (Å²) in [5.41, 5.74) is 22.6. The van der Waals surface area contributed by atoms with Crippen molar-refractivity contribution in [1.82, 2.24) is 28.2 Å². The number of benzene rings is 4. The fourth-order valence-electron chi connectivity index (χ4n) is 15.8. The number of aromatic nitrogens is 10. The van der Waals surface area contributed by atoms with Gasteiger partial charge in [-0.1, -0.05) is 66.8 Å². The molecular formula is C60H32N10+4. The van der Waals surface area contributed by atoms with E-state index in [0.29, 0.717) is 0 Å². The van der Waals surface area contributed by atoms with Crippen LogP contribution in [0.1, 0.15) is 22.8 Å². The van der Waals surface area contributed by atoms with Gasteiger partial charge in [-0.2, -0.15) is 0 Å². The average molecular weight is 893 g/mol. The molecule has 0 saturated carbocycles. The molecule has 0 fully saturated rings. The van der Waals surface area contributed by atoms with Crippen molar-refractivity contribution in [3.63, 3.8) is 0 Å². The second-order valence-electron chi connectivity index (χ2n) is 20.7. The lowest BCUT2D eigenvalue weighted by Gasteiger charge is -2.39. The number of fused-ring (bicyclic) bond motifs is 14. The van der Waals surface area contributed by atoms with Gasteiger partial charge in [0.2, 0.25) is 22.8 Å². The van der Waals surface area contributed by atoms with Crippen molar-refractivity contribution >= 4 is 75.9 Å². The first-order valence-corrected chi connectivity index (χ1v) is 24.4. The summed E-state index contributed by atoms with van der Waals surface area (Å²) in [7, 11) is 0. The molecule has 0 N–H and O–H groups in total. The van der Waals surface area contributed by atoms with Gasteiger partial charge in [0.1, 0.15) is 0 Å². The van der Waals surface area contributed by atoms with E-state index < -0.39 is 11.8 Å². The summed E-state index contributed by atoms with van der Waals surface area (Å²) in [5.74, 6) is -1.66. The Morgan fingerprint density at radius 3 is 1.37 bits per heavy atom. The molecule has 7 aliphatic heterocycles. The third-order valence-corrected chi connectivity index (χ3v) is 17.8. The highest BCUT2D eigenvalue weighted by Gasteiger charge is 2.74. The predicted octanol–water partition coefficient (Wildman–Crippen LogP) is 9.04. The molecule has 0 saturated heterocycles. The van der Waals surface area contributed by atoms with Crippen molar-refractivity contribution in [2.75, 3.05) is 0 Å². The summed E-state index contributed by atoms with van der Waals surface area (Å²) in [6.45, 7) is 0. The van der Waals surface area contributed by atoms with Gasteiger partial charge in [-0.05, 0) is 60.7 Å². The highest BCUT2D eigenvalue weighted by molar-refractivity contribution is 6.11. The van der Waals surface area contributed by atoms with Gasteiger partial charge in [-0.3, -0.25) is 9.97 Å². The van der Waals surface area contributed by atoms with Crippen molar-refractivity contribution in [3.05, 3.63) is 193 Å². The molecule has 2 spiro atoms. The fraction of sp³-hybridized carbons (Fsp3) is 0.0667. The lowest BCUT2D eigenvalue weighted by Crippen LogP contribution is -2.84. The monoisotopic (exact) mass is 892 g/mol. The molecule has 0 aliphatic carbocycles. The molecule has 14 aromatic rings. The number of hydrogen-bond donors (Lipinski definition) is 0. The maximum atomic E-state index is 4.77. The van der Waals surface area contributed by atoms with Crippen LogP contribution in [0.15, 0.2) is 171 Å². The quantitative estimate of drug-likeness (QED) is 0.143. The lowest BCUT2D eigenvalue weighted by atomic mass is 9.93. The first-order valence-electron chi connectivity index (χ1n) is 24.4. The maximum absolute atomic E-state index is 4.77. The van der Waals surface area contributed by atoms with E-state index in [1.165, 1.54) is 144 Å². The topological polar surface area (TPSA) is 61.0 Å². The summed E-state index contributed by atoms with van der Waals surface area (Å²) >= 11 is 0. The number of nitrogens with zero attached hydrogens (tertiary/aromatic N) is 10. The van der Waals surface area contributed by atoms with Crippen LogP contribution in [0.5, 0.6) is 0 Å². The molecule has 2 unspecified atom stereocenters. The summed E-state index contributed by atoms with van der Waals surface area (Å²) in [4.78, 5) is 9.39. The number of hydrogen-bond acceptors (Lipinski definition) is 2. The van der Waals surface area contributed by atoms with Gasteiger partial charge in [0, 0.05) is 117 Å². The predicted molar refractivity (Wildman–Crippen MR) is 265 cm³/mol. The molecule has 10 aromatic heterocycles. The molecule has 0 radical (unpaired) electrons. The molecule has 4 aromatic carbocycles. The Balaban J connectivity index is 1.02. The van der Waals surface area contributed by atoms with E-state index in [4.69, 9.17) is 4.98 Å². The molecule has 0 bridgehead atoms. The van der Waals surface area contributed by atoms with Crippen molar-refractivity contribution in [2.24, 2.45) is 0 Å². The van der Waals surface area contributed by atoms with Gasteiger partial charge in [-0.25, -0.2) is 18.3 Å². The van der Waals surface area contributed by atoms with Crippen LogP contribution in [-0.2, 0) is 24.7 Å². The van der Waals surface area contributed by atoms with Crippen molar-refractivity contribution in [1.29, 1.82) is 0 Å². The zero-order valence-corrected chi connectivity index (χ0v) is 37.1. The molecular weight excluding hydrogens is 861 g/mol. The third-order valence-electron chi connectivity index (χ3n) is 17.8. The highest BCUT2D eigenvalue weighted by atomic mass is 15.6. The minimum Gasteiger partial charge on any atom is -0.264 e. The van der Waals surface area contributed by atoms with E-state index in [0.717, 1.165) is 23.6 Å². The standard InChI is InChI=1S/C60H32N10/c1-5-31-21-37-26-38-22-32-6-2-10-45-52(32)66(38)59(63-19-15-35-29-61-17-13-41(35)55(63)44(9-1)51(31)65(37)59)64-20-16-43-48(56(45)64)28-50-49-25-36-30-62-18-14-42(36)57-46-11-3-7-33-23-39-27-40-24-34-8-4-12-47-54(34)68(40)60(69(49)57,67(39)53(33)46)70(50)58(43)47/h1-25,28-30H,26-27H2/q+4. The van der Waals surface area contributed by atoms with Crippen LogP contribution in [0.25, 0.3) is 132 Å². The van der Waals surface area contributed by atoms with Gasteiger partial charge in [0.15, 0.2) is 12.4 Å². The van der Waals surface area contributed by atoms with Crippen molar-refractivity contribution < 1.29 is 18.3 Å². The zero-order valence-electron chi connectivity index (χ0n) is 37.1. The van der Waals surface area contributed by atoms with Crippen LogP contribution in [0, 0.1) is 0 Å². The summed E-state index contributed by atoms with van der Waals surface area (Å²) < 4.78 is 21.5. The Kier molecular flexibility index (Phi) is 4.80. The van der Waals surface area contributed by atoms with Crippen molar-refractivity contribution in [2.45, 2.75) is 24.7 Å². The average Bonchev–Trinajstić information content (AvgIpc) is 4.25. The number of pyridine rings is 6. The number of para-hydroxylation sites is 4. The van der Waals surface area contributed by atoms with Gasteiger partial charge in [0.05, 0.1) is 65.9 Å². The molecule has 21 rings (SSSR count). The SMILES string of the molecule is c1cc2c3c(c1)cc1n3C3(n4c(cc5cccc(c54)-c4c5cc6[n+]7c(c5cc[n+]43)-c3cccc4cc5n(c34)C73n4c(cc7cccc(c74)-c4c7ccncc7cc-6[n+]43)C5)C1)[n+]1ccc3cnccc3c1-2. The van der Waals surface area contributed by atoms with Crippen LogP contribution in [0.3, 0.4) is 0 Å². The van der Waals surface area contributed by atoms with Crippen LogP contribution in [0.2, 0.25) is 0 Å². The summed E-state index contributed by atoms with van der Waals surface area (Å²) in [6, 6.07) is 51.7. The molecule has 2 atom stereocenters. The Morgan fingerprint density at radius 2 is 0.814 bits per heavy atom. The Labute approximate surface area is 395 Å². The minimum absolute atomic E-state index is 0.783. The largest absolute Gasteiger partial charge is 0.553 e. The van der Waals surface area contributed by atoms with Gasteiger partial charge >= 0.3 is 11.8 Å². The van der Waals surface area contributed by atoms with Gasteiger partial charge in [0.25, 0.3) is 11.4 Å². The maximum Gasteiger partial charge on any atom is 0.553 e. The van der Waals surface area contributed by atoms with Crippen LogP contribution < -0.4 is 18.3 Å². The van der Waals surface area contributed by atoms with Crippen LogP contribution in [0.4, 0.5) is 0 Å². The first kappa shape index (κ1) is 33.2. The van der Waals surface area contributed by atoms with E-state index in [9.17, 15) is 0 Å². The zero-order chi connectivity index (χ0) is 44.4. The van der Waals surface area contributed by atoms with Crippen LogP contribution in [-0.4, -0.2) is 28.2 Å². The molecule has 17 heterocycles. The second kappa shape index (κ2) is 10.1. The minimum atomic E-state index is -0.874. The van der Waals surface area contributed by atoms with Gasteiger partial charge < -0.3 is 0 Å². The highest BCUT2D eigenvalue weighted by Crippen LogP contribution is 2.55. The smallest absolute Gasteiger partial charge is 0.264 e. The van der Waals surface area contributed by atoms with Crippen molar-refractivity contribution in [3.8, 4) is 56.4 Å². The fourth-order valence-corrected chi connectivity index (χ4v) is 15.8. The van der Waals surface area contributed by atoms with E-state index in [1.54, 1.807) is 0 Å². The van der Waals surface area contributed by atoms with Gasteiger partial charge in [-0.15, -0.1) is 0 Å². The first-order chi connectivity index (χ1) is 34.7. The Morgan fingerprint density at radius 1 is 0.371 bits per heavy atom. The normalized spacial score (nSPS) is 18.9. The molecule has 10 heteroatoms. The van der Waals surface area contributed by atoms with E-state index in [2.05, 4.69) is 194 Å². The van der Waals surface area contributed by atoms with E-state index >= 15 is 0 Å². The Hall–Kier alpha value is -9.28. The molecule has 318 valence electrons. The lowest BCUT2D eigenvalue weighted by molar-refractivity contribution is -1.000. The summed E-state index contributed by atoms with van der Waals surface area (Å²) in [5, 5.41) is 12.2. The molecule has 0 amide bonds. The van der Waals surface area contributed by atoms with E-state index in [-0.39, 0.29) is 0 Å². The molecule has 10 nitrogen and oxygen atoms in total. The summed E-state index contributed by atoms with van der Waals surface area (Å²) in [6.07, 6.45) is 14.4. The second-order valence-corrected chi connectivity index (χ2v) is 20.7. The molecule has 70 heavy (non-hydrogen) atoms. The van der Waals surface area contributed by atoms with E-state index in [1.807, 2.05) is 18.6 Å².